The third kappa shape index (κ3) is 8.81. The van der Waals surface area contributed by atoms with Gasteiger partial charge in [0.05, 0.1) is 12.7 Å². The van der Waals surface area contributed by atoms with Crippen molar-refractivity contribution >= 4 is 22.6 Å². The number of likely N-dealkylation sites (N-methyl/N-ethyl adjacent to an activating group) is 2. The number of nitrogens with zero attached hydrogens (tertiary/aromatic N) is 3. The van der Waals surface area contributed by atoms with Gasteiger partial charge in [-0.15, -0.1) is 0 Å². The summed E-state index contributed by atoms with van der Waals surface area (Å²) < 4.78 is 26.6. The predicted octanol–water partition coefficient (Wildman–Crippen LogP) is 3.38. The van der Waals surface area contributed by atoms with Crippen LogP contribution in [0.5, 0.6) is 0 Å². The highest BCUT2D eigenvalue weighted by Crippen LogP contribution is 2.42. The molecule has 3 heterocycles. The molecule has 11 nitrogen and oxygen atoms in total. The van der Waals surface area contributed by atoms with Gasteiger partial charge in [-0.05, 0) is 50.4 Å². The monoisotopic (exact) mass is 650 g/mol. The first-order valence-corrected chi connectivity index (χ1v) is 21.3. The van der Waals surface area contributed by atoms with Crippen molar-refractivity contribution in [2.75, 3.05) is 46.9 Å². The second-order valence-corrected chi connectivity index (χ2v) is 24.8. The van der Waals surface area contributed by atoms with Gasteiger partial charge in [0.15, 0.2) is 23.2 Å². The summed E-state index contributed by atoms with van der Waals surface area (Å²) in [7, 11) is -0.390. The van der Waals surface area contributed by atoms with E-state index < -0.39 is 34.1 Å². The maximum absolute atomic E-state index is 13.0. The smallest absolute Gasteiger partial charge is 0.330 e. The van der Waals surface area contributed by atoms with Crippen molar-refractivity contribution < 1.29 is 23.1 Å². The van der Waals surface area contributed by atoms with E-state index in [0.29, 0.717) is 19.6 Å². The van der Waals surface area contributed by atoms with Gasteiger partial charge in [-0.25, -0.2) is 4.79 Å². The lowest BCUT2D eigenvalue weighted by Gasteiger charge is -2.40. The summed E-state index contributed by atoms with van der Waals surface area (Å²) in [5.41, 5.74) is -1.11. The molecule has 44 heavy (non-hydrogen) atoms. The molecule has 1 aromatic rings. The van der Waals surface area contributed by atoms with Gasteiger partial charge in [0, 0.05) is 32.3 Å². The number of rotatable bonds is 8. The molecule has 248 valence electrons. The minimum atomic E-state index is -2.18. The summed E-state index contributed by atoms with van der Waals surface area (Å²) >= 11 is 0. The summed E-state index contributed by atoms with van der Waals surface area (Å²) in [6.45, 7) is 24.4. The van der Waals surface area contributed by atoms with Crippen LogP contribution in [-0.2, 0) is 23.1 Å². The Morgan fingerprint density at radius 2 is 1.68 bits per heavy atom. The van der Waals surface area contributed by atoms with E-state index >= 15 is 0 Å². The van der Waals surface area contributed by atoms with Gasteiger partial charge in [0.25, 0.3) is 5.56 Å². The topological polar surface area (TPSA) is 115 Å². The maximum atomic E-state index is 13.0. The molecule has 0 bridgehead atoms. The fourth-order valence-electron chi connectivity index (χ4n) is 4.60. The van der Waals surface area contributed by atoms with Crippen molar-refractivity contribution in [3.8, 4) is 11.8 Å². The first-order valence-electron chi connectivity index (χ1n) is 15.5. The molecule has 0 aromatic carbocycles. The first kappa shape index (κ1) is 36.4. The maximum Gasteiger partial charge on any atom is 0.330 e. The molecule has 2 fully saturated rings. The van der Waals surface area contributed by atoms with E-state index in [9.17, 15) is 14.4 Å². The van der Waals surface area contributed by atoms with Crippen LogP contribution in [-0.4, -0.2) is 107 Å². The Hall–Kier alpha value is -2.06. The summed E-state index contributed by atoms with van der Waals surface area (Å²) in [5.74, 6) is 5.17. The molecule has 0 aliphatic carbocycles. The Kier molecular flexibility index (Phi) is 11.4. The van der Waals surface area contributed by atoms with E-state index in [0.717, 1.165) is 13.1 Å². The van der Waals surface area contributed by atoms with Crippen molar-refractivity contribution in [3.05, 3.63) is 32.6 Å². The van der Waals surface area contributed by atoms with E-state index in [1.54, 1.807) is 0 Å². The Morgan fingerprint density at radius 1 is 1.05 bits per heavy atom. The average molecular weight is 651 g/mol. The van der Waals surface area contributed by atoms with Crippen LogP contribution in [0, 0.1) is 11.8 Å². The minimum Gasteiger partial charge on any atom is -0.451 e. The quantitative estimate of drug-likeness (QED) is 0.257. The van der Waals surface area contributed by atoms with Crippen molar-refractivity contribution in [1.29, 1.82) is 0 Å². The number of hydrogen-bond donors (Lipinski definition) is 1. The highest BCUT2D eigenvalue weighted by atomic mass is 28.4. The van der Waals surface area contributed by atoms with Crippen molar-refractivity contribution in [2.24, 2.45) is 0 Å². The highest BCUT2D eigenvalue weighted by molar-refractivity contribution is 6.74. The van der Waals surface area contributed by atoms with Crippen LogP contribution >= 0.6 is 0 Å². The first-order chi connectivity index (χ1) is 20.1. The van der Waals surface area contributed by atoms with Crippen LogP contribution in [0.25, 0.3) is 0 Å². The molecule has 2 saturated heterocycles. The van der Waals surface area contributed by atoms with Gasteiger partial charge in [0.2, 0.25) is 0 Å². The number of carbonyl (C=O) groups is 1. The van der Waals surface area contributed by atoms with E-state index in [1.165, 1.54) is 10.8 Å². The number of esters is 1. The summed E-state index contributed by atoms with van der Waals surface area (Å²) in [6.07, 6.45) is 0.519. The number of hydrogen-bond acceptors (Lipinski definition) is 9. The third-order valence-electron chi connectivity index (χ3n) is 9.76. The van der Waals surface area contributed by atoms with E-state index in [4.69, 9.17) is 18.3 Å². The Labute approximate surface area is 264 Å². The van der Waals surface area contributed by atoms with Gasteiger partial charge < -0.3 is 23.2 Å². The Balaban J connectivity index is 1.80. The number of H-pyrrole nitrogens is 1. The Morgan fingerprint density at radius 3 is 2.30 bits per heavy atom. The molecular formula is C31H54N4O7Si2. The summed E-state index contributed by atoms with van der Waals surface area (Å²) in [5, 5.41) is 0.0144. The van der Waals surface area contributed by atoms with Gasteiger partial charge >= 0.3 is 11.7 Å². The average Bonchev–Trinajstić information content (AvgIpc) is 3.27. The minimum absolute atomic E-state index is 0.0146. The molecule has 0 radical (unpaired) electrons. The second-order valence-electron chi connectivity index (χ2n) is 15.2. The van der Waals surface area contributed by atoms with Crippen molar-refractivity contribution in [3.63, 3.8) is 0 Å². The van der Waals surface area contributed by atoms with Gasteiger partial charge in [0.1, 0.15) is 23.9 Å². The van der Waals surface area contributed by atoms with Gasteiger partial charge in [-0.3, -0.25) is 24.0 Å². The molecule has 13 heteroatoms. The number of aromatic nitrogens is 2. The SMILES string of the molecule is CN1CCN(C)C(C(=O)OCC#Cc2cn([C@H]3C[C@@H](O[Si](C)(C)C(C)(C)C)[C@@H](CO[Si](C)(C)C(C)(C)C)O3)c(=O)[nH]c2=O)C1. The number of aromatic amines is 1. The molecule has 1 unspecified atom stereocenters. The zero-order chi connectivity index (χ0) is 33.3. The lowest BCUT2D eigenvalue weighted by molar-refractivity contribution is -0.150. The van der Waals surface area contributed by atoms with E-state index in [2.05, 4.69) is 89.5 Å². The Bertz CT molecular complexity index is 1350. The largest absolute Gasteiger partial charge is 0.451 e. The van der Waals surface area contributed by atoms with Crippen LogP contribution in [0.3, 0.4) is 0 Å². The van der Waals surface area contributed by atoms with E-state index in [1.807, 2.05) is 19.0 Å². The van der Waals surface area contributed by atoms with Crippen LogP contribution < -0.4 is 11.2 Å². The molecule has 0 spiro atoms. The molecule has 1 aromatic heterocycles. The third-order valence-corrected chi connectivity index (χ3v) is 18.8. The van der Waals surface area contributed by atoms with Crippen LogP contribution in [0.15, 0.2) is 15.8 Å². The van der Waals surface area contributed by atoms with Crippen molar-refractivity contribution in [2.45, 2.75) is 109 Å². The molecule has 0 saturated carbocycles. The van der Waals surface area contributed by atoms with Crippen LogP contribution in [0.4, 0.5) is 0 Å². The fourth-order valence-corrected chi connectivity index (χ4v) is 6.97. The highest BCUT2D eigenvalue weighted by Gasteiger charge is 2.47. The molecule has 2 aliphatic heterocycles. The van der Waals surface area contributed by atoms with Gasteiger partial charge in [-0.1, -0.05) is 53.4 Å². The fraction of sp³-hybridized carbons (Fsp3) is 0.774. The standard InChI is InChI=1S/C31H54N4O7Si2/c1-30(2,3)43(9,10)40-21-25-24(42-44(11,12)31(4,5)6)18-26(41-25)35-19-22(27(36)32-29(35)38)14-13-17-39-28(37)23-20-33(7)15-16-34(23)8/h19,23-26H,15-18,20-21H2,1-12H3,(H,32,36,38)/t23?,24-,25-,26-/m1/s1. The molecular weight excluding hydrogens is 597 g/mol. The number of carbonyl (C=O) groups excluding carboxylic acids is 1. The molecule has 2 aliphatic rings. The molecule has 3 rings (SSSR count). The number of nitrogens with one attached hydrogen (secondary N) is 1. The van der Waals surface area contributed by atoms with Crippen LogP contribution in [0.2, 0.25) is 36.3 Å². The zero-order valence-electron chi connectivity index (χ0n) is 28.8. The normalized spacial score (nSPS) is 24.2. The van der Waals surface area contributed by atoms with Crippen LogP contribution in [0.1, 0.15) is 59.8 Å². The lowest BCUT2D eigenvalue weighted by atomic mass is 10.2. The molecule has 0 amide bonds. The van der Waals surface area contributed by atoms with Crippen molar-refractivity contribution in [1.82, 2.24) is 19.4 Å². The zero-order valence-corrected chi connectivity index (χ0v) is 30.8. The summed E-state index contributed by atoms with van der Waals surface area (Å²) in [6, 6.07) is -0.365. The van der Waals surface area contributed by atoms with Gasteiger partial charge in [-0.2, -0.15) is 0 Å². The lowest BCUT2D eigenvalue weighted by Crippen LogP contribution is -2.54. The predicted molar refractivity (Wildman–Crippen MR) is 177 cm³/mol. The molecule has 1 N–H and O–H groups in total. The van der Waals surface area contributed by atoms with E-state index in [-0.39, 0.29) is 46.5 Å². The molecule has 4 atom stereocenters. The number of piperazine rings is 1. The second kappa shape index (κ2) is 13.7. The number of ether oxygens (including phenoxy) is 2. The summed E-state index contributed by atoms with van der Waals surface area (Å²) in [4.78, 5) is 44.6.